The van der Waals surface area contributed by atoms with Gasteiger partial charge in [-0.3, -0.25) is 19.7 Å². The van der Waals surface area contributed by atoms with Crippen molar-refractivity contribution in [2.75, 3.05) is 19.0 Å². The van der Waals surface area contributed by atoms with E-state index in [4.69, 9.17) is 21.1 Å². The van der Waals surface area contributed by atoms with Gasteiger partial charge in [-0.05, 0) is 42.8 Å². The third kappa shape index (κ3) is 6.20. The number of nitro groups is 1. The van der Waals surface area contributed by atoms with Crippen molar-refractivity contribution in [1.82, 2.24) is 0 Å². The van der Waals surface area contributed by atoms with Crippen molar-refractivity contribution in [3.8, 4) is 11.5 Å². The monoisotopic (exact) mass is 480 g/mol. The average Bonchev–Trinajstić information content (AvgIpc) is 2.83. The van der Waals surface area contributed by atoms with Crippen LogP contribution in [0.2, 0.25) is 5.02 Å². The van der Waals surface area contributed by atoms with Gasteiger partial charge >= 0.3 is 0 Å². The van der Waals surface area contributed by atoms with Crippen LogP contribution >= 0.6 is 11.6 Å². The van der Waals surface area contributed by atoms with Gasteiger partial charge in [-0.15, -0.1) is 0 Å². The molecule has 0 saturated carbocycles. The van der Waals surface area contributed by atoms with Crippen LogP contribution in [0.3, 0.4) is 0 Å². The standard InChI is InChI=1S/C25H21ClN2O6/c1-16-7-10-18(14-21(16)28(31)32)22(29)11-8-17-9-12-23(24(13-17)33-2)34-15-25(30)27-20-6-4-3-5-19(20)26/h3-14H,15H2,1-2H3,(H,27,30)/b11-8+. The Morgan fingerprint density at radius 2 is 1.85 bits per heavy atom. The molecular weight excluding hydrogens is 460 g/mol. The van der Waals surface area contributed by atoms with Crippen LogP contribution in [0.4, 0.5) is 11.4 Å². The average molecular weight is 481 g/mol. The van der Waals surface area contributed by atoms with Crippen LogP contribution in [-0.2, 0) is 4.79 Å². The lowest BCUT2D eigenvalue weighted by Crippen LogP contribution is -2.20. The van der Waals surface area contributed by atoms with E-state index in [0.717, 1.165) is 0 Å². The van der Waals surface area contributed by atoms with Crippen molar-refractivity contribution in [2.45, 2.75) is 6.92 Å². The van der Waals surface area contributed by atoms with Gasteiger partial charge in [0.15, 0.2) is 23.9 Å². The number of para-hydroxylation sites is 1. The minimum atomic E-state index is -0.520. The van der Waals surface area contributed by atoms with Gasteiger partial charge in [0, 0.05) is 17.2 Å². The summed E-state index contributed by atoms with van der Waals surface area (Å²) in [6.45, 7) is 1.35. The van der Waals surface area contributed by atoms with E-state index in [1.165, 1.54) is 25.3 Å². The molecule has 0 fully saturated rings. The Labute approximate surface area is 200 Å². The fourth-order valence-electron chi connectivity index (χ4n) is 3.03. The Hall–Kier alpha value is -4.17. The second-order valence-corrected chi connectivity index (χ2v) is 7.59. The summed E-state index contributed by atoms with van der Waals surface area (Å²) >= 11 is 6.03. The molecule has 0 radical (unpaired) electrons. The topological polar surface area (TPSA) is 108 Å². The summed E-state index contributed by atoms with van der Waals surface area (Å²) in [5.74, 6) is -0.0592. The quantitative estimate of drug-likeness (QED) is 0.188. The number of benzene rings is 3. The first kappa shape index (κ1) is 24.5. The van der Waals surface area contributed by atoms with E-state index in [0.29, 0.717) is 33.3 Å². The molecule has 0 saturated heterocycles. The van der Waals surface area contributed by atoms with Crippen molar-refractivity contribution in [1.29, 1.82) is 0 Å². The number of rotatable bonds is 9. The predicted octanol–water partition coefficient (Wildman–Crippen LogP) is 5.48. The first-order valence-electron chi connectivity index (χ1n) is 10.1. The molecular formula is C25H21ClN2O6. The summed E-state index contributed by atoms with van der Waals surface area (Å²) < 4.78 is 10.9. The lowest BCUT2D eigenvalue weighted by Gasteiger charge is -2.12. The highest BCUT2D eigenvalue weighted by molar-refractivity contribution is 6.33. The molecule has 0 heterocycles. The van der Waals surface area contributed by atoms with Gasteiger partial charge in [-0.2, -0.15) is 0 Å². The Balaban J connectivity index is 1.66. The van der Waals surface area contributed by atoms with E-state index in [1.807, 2.05) is 0 Å². The third-order valence-electron chi connectivity index (χ3n) is 4.81. The van der Waals surface area contributed by atoms with E-state index in [-0.39, 0.29) is 23.6 Å². The molecule has 0 atom stereocenters. The SMILES string of the molecule is COc1cc(/C=C/C(=O)c2ccc(C)c([N+](=O)[O-])c2)ccc1OCC(=O)Nc1ccccc1Cl. The Bertz CT molecular complexity index is 1270. The van der Waals surface area contributed by atoms with Crippen molar-refractivity contribution in [2.24, 2.45) is 0 Å². The molecule has 0 aliphatic carbocycles. The number of hydrogen-bond acceptors (Lipinski definition) is 6. The molecule has 0 bridgehead atoms. The number of ether oxygens (including phenoxy) is 2. The van der Waals surface area contributed by atoms with Crippen LogP contribution in [0.25, 0.3) is 6.08 Å². The van der Waals surface area contributed by atoms with Crippen LogP contribution in [0.5, 0.6) is 11.5 Å². The molecule has 0 aromatic heterocycles. The molecule has 0 unspecified atom stereocenters. The van der Waals surface area contributed by atoms with Gasteiger partial charge < -0.3 is 14.8 Å². The maximum atomic E-state index is 12.5. The molecule has 1 amide bonds. The van der Waals surface area contributed by atoms with E-state index in [9.17, 15) is 19.7 Å². The Morgan fingerprint density at radius 3 is 2.56 bits per heavy atom. The number of anilines is 1. The number of nitro benzene ring substituents is 1. The smallest absolute Gasteiger partial charge is 0.273 e. The van der Waals surface area contributed by atoms with Crippen molar-refractivity contribution in [3.05, 3.63) is 98.6 Å². The summed E-state index contributed by atoms with van der Waals surface area (Å²) in [5, 5.41) is 14.2. The van der Waals surface area contributed by atoms with Crippen LogP contribution in [0, 0.1) is 17.0 Å². The number of hydrogen-bond donors (Lipinski definition) is 1. The number of aryl methyl sites for hydroxylation is 1. The largest absolute Gasteiger partial charge is 0.493 e. The zero-order valence-electron chi connectivity index (χ0n) is 18.4. The number of halogens is 1. The van der Waals surface area contributed by atoms with Gasteiger partial charge in [-0.1, -0.05) is 48.0 Å². The molecule has 9 heteroatoms. The van der Waals surface area contributed by atoms with E-state index < -0.39 is 10.8 Å². The van der Waals surface area contributed by atoms with E-state index >= 15 is 0 Å². The first-order valence-corrected chi connectivity index (χ1v) is 10.5. The maximum absolute atomic E-state index is 12.5. The molecule has 3 rings (SSSR count). The van der Waals surface area contributed by atoms with Gasteiger partial charge in [0.1, 0.15) is 0 Å². The minimum Gasteiger partial charge on any atom is -0.493 e. The van der Waals surface area contributed by atoms with Gasteiger partial charge in [0.05, 0.1) is 22.7 Å². The van der Waals surface area contributed by atoms with E-state index in [2.05, 4.69) is 5.32 Å². The van der Waals surface area contributed by atoms with Crippen LogP contribution in [0.15, 0.2) is 66.7 Å². The van der Waals surface area contributed by atoms with Crippen LogP contribution in [0.1, 0.15) is 21.5 Å². The second kappa shape index (κ2) is 11.1. The lowest BCUT2D eigenvalue weighted by molar-refractivity contribution is -0.385. The second-order valence-electron chi connectivity index (χ2n) is 7.18. The molecule has 0 aliphatic heterocycles. The molecule has 8 nitrogen and oxygen atoms in total. The highest BCUT2D eigenvalue weighted by atomic mass is 35.5. The highest BCUT2D eigenvalue weighted by Crippen LogP contribution is 2.29. The predicted molar refractivity (Wildman–Crippen MR) is 130 cm³/mol. The number of carbonyl (C=O) groups excluding carboxylic acids is 2. The van der Waals surface area contributed by atoms with Gasteiger partial charge in [0.25, 0.3) is 11.6 Å². The molecule has 34 heavy (non-hydrogen) atoms. The number of nitrogens with zero attached hydrogens (tertiary/aromatic N) is 1. The number of methoxy groups -OCH3 is 1. The molecule has 0 aliphatic rings. The van der Waals surface area contributed by atoms with Gasteiger partial charge in [0.2, 0.25) is 0 Å². The Kier molecular flexibility index (Phi) is 8.00. The van der Waals surface area contributed by atoms with Crippen molar-refractivity contribution < 1.29 is 24.0 Å². The Morgan fingerprint density at radius 1 is 1.09 bits per heavy atom. The number of nitrogens with one attached hydrogen (secondary N) is 1. The minimum absolute atomic E-state index is 0.110. The number of amides is 1. The third-order valence-corrected chi connectivity index (χ3v) is 5.14. The number of ketones is 1. The summed E-state index contributed by atoms with van der Waals surface area (Å²) in [5.41, 5.74) is 1.70. The maximum Gasteiger partial charge on any atom is 0.273 e. The van der Waals surface area contributed by atoms with E-state index in [1.54, 1.807) is 61.5 Å². The van der Waals surface area contributed by atoms with Crippen LogP contribution in [-0.4, -0.2) is 30.3 Å². The summed E-state index contributed by atoms with van der Waals surface area (Å²) in [4.78, 5) is 35.2. The summed E-state index contributed by atoms with van der Waals surface area (Å²) in [6.07, 6.45) is 2.88. The van der Waals surface area contributed by atoms with Crippen LogP contribution < -0.4 is 14.8 Å². The highest BCUT2D eigenvalue weighted by Gasteiger charge is 2.14. The normalized spacial score (nSPS) is 10.7. The zero-order chi connectivity index (χ0) is 24.7. The summed E-state index contributed by atoms with van der Waals surface area (Å²) in [6, 6.07) is 16.1. The first-order chi connectivity index (χ1) is 16.3. The number of carbonyl (C=O) groups is 2. The number of allylic oxidation sites excluding steroid dienone is 1. The molecule has 3 aromatic carbocycles. The molecule has 0 spiro atoms. The zero-order valence-corrected chi connectivity index (χ0v) is 19.2. The summed E-state index contributed by atoms with van der Waals surface area (Å²) in [7, 11) is 1.45. The fraction of sp³-hybridized carbons (Fsp3) is 0.120. The van der Waals surface area contributed by atoms with Gasteiger partial charge in [-0.25, -0.2) is 0 Å². The fourth-order valence-corrected chi connectivity index (χ4v) is 3.21. The lowest BCUT2D eigenvalue weighted by atomic mass is 10.1. The molecule has 1 N–H and O–H groups in total. The van der Waals surface area contributed by atoms with Crippen molar-refractivity contribution >= 4 is 40.7 Å². The molecule has 3 aromatic rings. The van der Waals surface area contributed by atoms with Crippen molar-refractivity contribution in [3.63, 3.8) is 0 Å². The molecule has 174 valence electrons.